The number of para-hydroxylation sites is 2. The fourth-order valence-corrected chi connectivity index (χ4v) is 2.80. The minimum absolute atomic E-state index is 0.217. The molecule has 1 aromatic heterocycles. The molecule has 0 fully saturated rings. The van der Waals surface area contributed by atoms with Crippen LogP contribution >= 0.6 is 15.9 Å². The second kappa shape index (κ2) is 5.41. The Labute approximate surface area is 127 Å². The largest absolute Gasteiger partial charge is 0.441 e. The summed E-state index contributed by atoms with van der Waals surface area (Å²) in [5.41, 5.74) is 5.65. The van der Waals surface area contributed by atoms with E-state index < -0.39 is 0 Å². The molecule has 1 unspecified atom stereocenters. The van der Waals surface area contributed by atoms with E-state index in [1.165, 1.54) is 16.7 Å². The van der Waals surface area contributed by atoms with E-state index in [2.05, 4.69) is 53.0 Å². The lowest BCUT2D eigenvalue weighted by Gasteiger charge is -2.10. The molecule has 0 spiro atoms. The van der Waals surface area contributed by atoms with Crippen molar-refractivity contribution < 1.29 is 4.42 Å². The zero-order chi connectivity index (χ0) is 14.1. The highest BCUT2D eigenvalue weighted by Gasteiger charge is 2.13. The van der Waals surface area contributed by atoms with Crippen LogP contribution in [0.5, 0.6) is 0 Å². The van der Waals surface area contributed by atoms with Crippen molar-refractivity contribution in [2.75, 3.05) is 0 Å². The van der Waals surface area contributed by atoms with E-state index in [1.807, 2.05) is 24.3 Å². The van der Waals surface area contributed by atoms with Crippen molar-refractivity contribution in [3.63, 3.8) is 0 Å². The molecule has 3 rings (SSSR count). The van der Waals surface area contributed by atoms with Gasteiger partial charge >= 0.3 is 0 Å². The topological polar surface area (TPSA) is 26.0 Å². The third kappa shape index (κ3) is 2.63. The van der Waals surface area contributed by atoms with Gasteiger partial charge < -0.3 is 4.42 Å². The van der Waals surface area contributed by atoms with Crippen LogP contribution in [0.2, 0.25) is 0 Å². The molecule has 3 heteroatoms. The maximum atomic E-state index is 5.77. The van der Waals surface area contributed by atoms with Gasteiger partial charge in [-0.3, -0.25) is 0 Å². The van der Waals surface area contributed by atoms with Crippen LogP contribution in [0.4, 0.5) is 0 Å². The van der Waals surface area contributed by atoms with Crippen molar-refractivity contribution in [2.24, 2.45) is 0 Å². The average molecular weight is 330 g/mol. The quantitative estimate of drug-likeness (QED) is 0.623. The minimum atomic E-state index is 0.217. The van der Waals surface area contributed by atoms with Gasteiger partial charge in [-0.1, -0.05) is 46.3 Å². The Bertz CT molecular complexity index is 715. The minimum Gasteiger partial charge on any atom is -0.441 e. The summed E-state index contributed by atoms with van der Waals surface area (Å²) < 4.78 is 5.77. The van der Waals surface area contributed by atoms with Gasteiger partial charge in [-0.25, -0.2) is 4.98 Å². The van der Waals surface area contributed by atoms with Crippen LogP contribution in [0.15, 0.2) is 46.9 Å². The van der Waals surface area contributed by atoms with Crippen molar-refractivity contribution in [3.8, 4) is 0 Å². The summed E-state index contributed by atoms with van der Waals surface area (Å²) in [5, 5.41) is 0. The summed E-state index contributed by atoms with van der Waals surface area (Å²) in [4.78, 5) is 4.74. The lowest BCUT2D eigenvalue weighted by atomic mass is 10.0. The molecule has 0 aliphatic carbocycles. The van der Waals surface area contributed by atoms with Crippen LogP contribution in [-0.2, 0) is 6.42 Å². The Morgan fingerprint density at radius 1 is 1.10 bits per heavy atom. The van der Waals surface area contributed by atoms with Gasteiger partial charge in [-0.05, 0) is 42.7 Å². The van der Waals surface area contributed by atoms with E-state index in [1.54, 1.807) is 0 Å². The molecule has 0 N–H and O–H groups in total. The number of halogens is 1. The maximum Gasteiger partial charge on any atom is 0.196 e. The van der Waals surface area contributed by atoms with E-state index in [0.29, 0.717) is 0 Å². The monoisotopic (exact) mass is 329 g/mol. The first-order chi connectivity index (χ1) is 9.63. The van der Waals surface area contributed by atoms with Crippen molar-refractivity contribution in [3.05, 3.63) is 65.0 Å². The molecule has 2 nitrogen and oxygen atoms in total. The predicted octanol–water partition coefficient (Wildman–Crippen LogP) is 5.12. The lowest BCUT2D eigenvalue weighted by molar-refractivity contribution is 0.527. The number of fused-ring (bicyclic) bond motifs is 1. The van der Waals surface area contributed by atoms with E-state index in [0.717, 1.165) is 23.4 Å². The Morgan fingerprint density at radius 2 is 1.90 bits per heavy atom. The summed E-state index contributed by atoms with van der Waals surface area (Å²) >= 11 is 3.74. The number of hydrogen-bond donors (Lipinski definition) is 0. The molecule has 102 valence electrons. The van der Waals surface area contributed by atoms with E-state index in [-0.39, 0.29) is 4.83 Å². The fraction of sp³-hybridized carbons (Fsp3) is 0.235. The van der Waals surface area contributed by atoms with Gasteiger partial charge in [0.15, 0.2) is 11.5 Å². The first kappa shape index (κ1) is 13.4. The van der Waals surface area contributed by atoms with Gasteiger partial charge in [0, 0.05) is 11.2 Å². The van der Waals surface area contributed by atoms with Crippen LogP contribution < -0.4 is 0 Å². The van der Waals surface area contributed by atoms with E-state index in [9.17, 15) is 0 Å². The Morgan fingerprint density at radius 3 is 2.65 bits per heavy atom. The first-order valence-corrected chi connectivity index (χ1v) is 7.61. The van der Waals surface area contributed by atoms with Gasteiger partial charge in [0.25, 0.3) is 0 Å². The zero-order valence-corrected chi connectivity index (χ0v) is 13.1. The molecular weight excluding hydrogens is 314 g/mol. The molecule has 1 heterocycles. The summed E-state index contributed by atoms with van der Waals surface area (Å²) in [6.45, 7) is 4.27. The van der Waals surface area contributed by atoms with E-state index in [4.69, 9.17) is 4.42 Å². The Hall–Kier alpha value is -1.61. The molecule has 1 atom stereocenters. The van der Waals surface area contributed by atoms with Crippen molar-refractivity contribution in [2.45, 2.75) is 25.1 Å². The molecule has 0 saturated heterocycles. The highest BCUT2D eigenvalue weighted by Crippen LogP contribution is 2.29. The Kier molecular flexibility index (Phi) is 3.62. The summed E-state index contributed by atoms with van der Waals surface area (Å²) in [6.07, 6.45) is 0.747. The number of nitrogens with zero attached hydrogens (tertiary/aromatic N) is 1. The van der Waals surface area contributed by atoms with Crippen molar-refractivity contribution in [1.82, 2.24) is 4.98 Å². The van der Waals surface area contributed by atoms with E-state index >= 15 is 0 Å². The summed E-state index contributed by atoms with van der Waals surface area (Å²) in [5.74, 6) is 0.770. The highest BCUT2D eigenvalue weighted by molar-refractivity contribution is 9.09. The number of aromatic nitrogens is 1. The van der Waals surface area contributed by atoms with Crippen LogP contribution in [0.3, 0.4) is 0 Å². The van der Waals surface area contributed by atoms with Crippen molar-refractivity contribution >= 4 is 27.0 Å². The number of alkyl halides is 1. The smallest absolute Gasteiger partial charge is 0.196 e. The second-order valence-corrected chi connectivity index (χ2v) is 6.20. The molecule has 3 aromatic rings. The zero-order valence-electron chi connectivity index (χ0n) is 11.6. The molecule has 0 radical (unpaired) electrons. The third-order valence-corrected chi connectivity index (χ3v) is 4.44. The molecule has 0 aliphatic heterocycles. The van der Waals surface area contributed by atoms with Crippen molar-refractivity contribution in [1.29, 1.82) is 0 Å². The number of aryl methyl sites for hydroxylation is 2. The standard InChI is InChI=1S/C17H16BrNO/c1-11-7-8-13(9-12(11)2)14(18)10-17-19-15-5-3-4-6-16(15)20-17/h3-9,14H,10H2,1-2H3. The van der Waals surface area contributed by atoms with Gasteiger partial charge in [-0.2, -0.15) is 0 Å². The predicted molar refractivity (Wildman–Crippen MR) is 85.3 cm³/mol. The average Bonchev–Trinajstić information content (AvgIpc) is 2.83. The molecule has 20 heavy (non-hydrogen) atoms. The Balaban J connectivity index is 1.84. The molecule has 2 aromatic carbocycles. The molecular formula is C17H16BrNO. The summed E-state index contributed by atoms with van der Waals surface area (Å²) in [6, 6.07) is 14.4. The van der Waals surface area contributed by atoms with Crippen LogP contribution in [0, 0.1) is 13.8 Å². The van der Waals surface area contributed by atoms with Crippen LogP contribution in [-0.4, -0.2) is 4.98 Å². The van der Waals surface area contributed by atoms with Gasteiger partial charge in [0.05, 0.1) is 0 Å². The molecule has 0 bridgehead atoms. The normalized spacial score (nSPS) is 12.8. The first-order valence-electron chi connectivity index (χ1n) is 6.69. The van der Waals surface area contributed by atoms with Gasteiger partial charge in [0.1, 0.15) is 5.52 Å². The highest BCUT2D eigenvalue weighted by atomic mass is 79.9. The fourth-order valence-electron chi connectivity index (χ4n) is 2.24. The molecule has 0 amide bonds. The van der Waals surface area contributed by atoms with Crippen LogP contribution in [0.25, 0.3) is 11.1 Å². The lowest BCUT2D eigenvalue weighted by Crippen LogP contribution is -1.97. The number of hydrogen-bond acceptors (Lipinski definition) is 2. The summed E-state index contributed by atoms with van der Waals surface area (Å²) in [7, 11) is 0. The second-order valence-electron chi connectivity index (χ2n) is 5.09. The number of benzene rings is 2. The number of rotatable bonds is 3. The van der Waals surface area contributed by atoms with Gasteiger partial charge in [0.2, 0.25) is 0 Å². The maximum absolute atomic E-state index is 5.77. The molecule has 0 aliphatic rings. The van der Waals surface area contributed by atoms with Gasteiger partial charge in [-0.15, -0.1) is 0 Å². The van der Waals surface area contributed by atoms with Crippen LogP contribution in [0.1, 0.15) is 27.4 Å². The molecule has 0 saturated carbocycles. The third-order valence-electron chi connectivity index (χ3n) is 3.58. The SMILES string of the molecule is Cc1ccc(C(Br)Cc2nc3ccccc3o2)cc1C. The number of oxazole rings is 1.